The van der Waals surface area contributed by atoms with E-state index in [0.717, 1.165) is 17.2 Å². The zero-order valence-electron chi connectivity index (χ0n) is 20.1. The first kappa shape index (κ1) is 25.5. The highest BCUT2D eigenvalue weighted by atomic mass is 19.1. The molecule has 4 aromatic heterocycles. The number of amides is 1. The summed E-state index contributed by atoms with van der Waals surface area (Å²) >= 11 is 0. The summed E-state index contributed by atoms with van der Waals surface area (Å²) in [7, 11) is 0. The number of nitrogens with zero attached hydrogens (tertiary/aromatic N) is 5. The SMILES string of the molecule is C/C=C\C.Cc1cccc(-n2ccc(CC(=O)Nc3cc(C4CC4)[nH]n3)n2)n1.Fc1ccccn1. The van der Waals surface area contributed by atoms with E-state index in [4.69, 9.17) is 0 Å². The number of aromatic nitrogens is 6. The molecule has 2 N–H and O–H groups in total. The predicted octanol–water partition coefficient (Wildman–Crippen LogP) is 5.16. The first-order valence-electron chi connectivity index (χ1n) is 11.5. The fourth-order valence-corrected chi connectivity index (χ4v) is 2.94. The number of carbonyl (C=O) groups is 1. The largest absolute Gasteiger partial charge is 0.309 e. The Morgan fingerprint density at radius 3 is 2.57 bits per heavy atom. The summed E-state index contributed by atoms with van der Waals surface area (Å²) < 4.78 is 13.5. The Hall–Kier alpha value is -4.14. The molecule has 5 rings (SSSR count). The van der Waals surface area contributed by atoms with Crippen molar-refractivity contribution >= 4 is 11.7 Å². The quantitative estimate of drug-likeness (QED) is 0.307. The summed E-state index contributed by atoms with van der Waals surface area (Å²) in [5, 5.41) is 14.3. The van der Waals surface area contributed by atoms with Crippen molar-refractivity contribution in [3.8, 4) is 5.82 Å². The fourth-order valence-electron chi connectivity index (χ4n) is 2.94. The molecule has 8 nitrogen and oxygen atoms in total. The van der Waals surface area contributed by atoms with Crippen molar-refractivity contribution in [3.05, 3.63) is 96.1 Å². The number of hydrogen-bond donors (Lipinski definition) is 2. The van der Waals surface area contributed by atoms with Gasteiger partial charge in [-0.25, -0.2) is 14.6 Å². The third kappa shape index (κ3) is 8.62. The molecule has 0 saturated heterocycles. The zero-order valence-corrected chi connectivity index (χ0v) is 20.1. The monoisotopic (exact) mass is 475 g/mol. The average molecular weight is 476 g/mol. The lowest BCUT2D eigenvalue weighted by molar-refractivity contribution is -0.115. The molecular weight excluding hydrogens is 445 g/mol. The highest BCUT2D eigenvalue weighted by molar-refractivity contribution is 5.91. The van der Waals surface area contributed by atoms with Gasteiger partial charge in [-0.05, 0) is 63.9 Å². The Morgan fingerprint density at radius 2 is 1.97 bits per heavy atom. The molecule has 9 heteroatoms. The summed E-state index contributed by atoms with van der Waals surface area (Å²) in [4.78, 5) is 19.9. The molecule has 1 saturated carbocycles. The van der Waals surface area contributed by atoms with Crippen molar-refractivity contribution in [2.24, 2.45) is 0 Å². The van der Waals surface area contributed by atoms with Gasteiger partial charge in [-0.1, -0.05) is 24.3 Å². The van der Waals surface area contributed by atoms with Crippen LogP contribution in [0.3, 0.4) is 0 Å². The van der Waals surface area contributed by atoms with E-state index in [1.54, 1.807) is 16.8 Å². The summed E-state index contributed by atoms with van der Waals surface area (Å²) in [5.41, 5.74) is 2.71. The second-order valence-electron chi connectivity index (χ2n) is 7.92. The normalized spacial score (nSPS) is 12.3. The van der Waals surface area contributed by atoms with E-state index in [1.165, 1.54) is 25.1 Å². The minimum absolute atomic E-state index is 0.133. The molecule has 0 bridgehead atoms. The molecule has 1 aliphatic carbocycles. The van der Waals surface area contributed by atoms with E-state index in [1.807, 2.05) is 69.5 Å². The van der Waals surface area contributed by atoms with Gasteiger partial charge in [0.1, 0.15) is 0 Å². The summed E-state index contributed by atoms with van der Waals surface area (Å²) in [6.07, 6.45) is 9.81. The van der Waals surface area contributed by atoms with Crippen LogP contribution in [0.2, 0.25) is 0 Å². The van der Waals surface area contributed by atoms with Crippen LogP contribution in [0, 0.1) is 12.9 Å². The maximum Gasteiger partial charge on any atom is 0.231 e. The number of rotatable bonds is 5. The molecule has 0 aliphatic heterocycles. The molecule has 1 fully saturated rings. The lowest BCUT2D eigenvalue weighted by atomic mass is 10.3. The maximum atomic E-state index is 12.1. The smallest absolute Gasteiger partial charge is 0.231 e. The van der Waals surface area contributed by atoms with Crippen molar-refractivity contribution in [2.75, 3.05) is 5.32 Å². The number of nitrogens with one attached hydrogen (secondary N) is 2. The lowest BCUT2D eigenvalue weighted by Crippen LogP contribution is -2.15. The molecule has 1 aliphatic rings. The highest BCUT2D eigenvalue weighted by Gasteiger charge is 2.25. The number of pyridine rings is 2. The van der Waals surface area contributed by atoms with Crippen molar-refractivity contribution in [3.63, 3.8) is 0 Å². The van der Waals surface area contributed by atoms with Gasteiger partial charge in [-0.3, -0.25) is 9.89 Å². The maximum absolute atomic E-state index is 12.1. The van der Waals surface area contributed by atoms with Gasteiger partial charge < -0.3 is 5.32 Å². The van der Waals surface area contributed by atoms with E-state index < -0.39 is 5.95 Å². The van der Waals surface area contributed by atoms with Crippen molar-refractivity contribution < 1.29 is 9.18 Å². The van der Waals surface area contributed by atoms with Crippen LogP contribution in [0.1, 0.15) is 49.7 Å². The molecule has 35 heavy (non-hydrogen) atoms. The number of aryl methyl sites for hydroxylation is 1. The van der Waals surface area contributed by atoms with Gasteiger partial charge >= 0.3 is 0 Å². The molecule has 4 aromatic rings. The predicted molar refractivity (Wildman–Crippen MR) is 134 cm³/mol. The van der Waals surface area contributed by atoms with Crippen LogP contribution in [0.15, 0.2) is 73.1 Å². The molecule has 1 amide bonds. The molecule has 0 spiro atoms. The Bertz CT molecular complexity index is 1230. The van der Waals surface area contributed by atoms with E-state index in [-0.39, 0.29) is 12.3 Å². The van der Waals surface area contributed by atoms with Crippen molar-refractivity contribution in [1.29, 1.82) is 0 Å². The van der Waals surface area contributed by atoms with Gasteiger partial charge in [0.15, 0.2) is 11.6 Å². The van der Waals surface area contributed by atoms with Crippen LogP contribution < -0.4 is 5.32 Å². The number of halogens is 1. The molecule has 0 unspecified atom stereocenters. The van der Waals surface area contributed by atoms with Gasteiger partial charge in [0.2, 0.25) is 11.9 Å². The van der Waals surface area contributed by atoms with Crippen LogP contribution in [-0.4, -0.2) is 35.9 Å². The molecule has 4 heterocycles. The average Bonchev–Trinajstić information content (AvgIpc) is 3.43. The molecule has 182 valence electrons. The molecule has 0 radical (unpaired) electrons. The Kier molecular flexibility index (Phi) is 9.41. The second kappa shape index (κ2) is 12.9. The lowest BCUT2D eigenvalue weighted by Gasteiger charge is -2.01. The number of anilines is 1. The van der Waals surface area contributed by atoms with Crippen LogP contribution in [0.5, 0.6) is 0 Å². The molecule has 0 atom stereocenters. The van der Waals surface area contributed by atoms with Gasteiger partial charge in [0, 0.05) is 35.8 Å². The van der Waals surface area contributed by atoms with Crippen molar-refractivity contribution in [1.82, 2.24) is 29.9 Å². The first-order chi connectivity index (χ1) is 17.0. The number of carbonyl (C=O) groups excluding carboxylic acids is 1. The summed E-state index contributed by atoms with van der Waals surface area (Å²) in [6, 6.07) is 14.1. The van der Waals surface area contributed by atoms with Crippen molar-refractivity contribution in [2.45, 2.75) is 46.0 Å². The fraction of sp³-hybridized carbons (Fsp3) is 0.269. The van der Waals surface area contributed by atoms with E-state index >= 15 is 0 Å². The number of hydrogen-bond acceptors (Lipinski definition) is 5. The molecule has 0 aromatic carbocycles. The minimum atomic E-state index is -0.428. The van der Waals surface area contributed by atoms with E-state index in [9.17, 15) is 9.18 Å². The van der Waals surface area contributed by atoms with Crippen LogP contribution in [-0.2, 0) is 11.2 Å². The minimum Gasteiger partial charge on any atom is -0.309 e. The Balaban J connectivity index is 0.000000259. The standard InChI is InChI=1S/C17H18N6O.C5H4FN.C4H8/c1-11-3-2-4-16(18-11)23-8-7-13(22-23)9-17(24)19-15-10-14(20-21-15)12-5-6-12;6-5-3-1-2-4-7-5;1-3-4-2/h2-4,7-8,10,12H,5-6,9H2,1H3,(H2,19,20,21,24);1-4H;3-4H,1-2H3/b;;4-3-. The number of aromatic amines is 1. The van der Waals surface area contributed by atoms with Gasteiger partial charge in [-0.2, -0.15) is 14.6 Å². The Labute approximate surface area is 204 Å². The van der Waals surface area contributed by atoms with Crippen LogP contribution >= 0.6 is 0 Å². The number of allylic oxidation sites excluding steroid dienone is 2. The first-order valence-corrected chi connectivity index (χ1v) is 11.5. The molecular formula is C26H30FN7O. The van der Waals surface area contributed by atoms with Gasteiger partial charge in [0.25, 0.3) is 0 Å². The summed E-state index contributed by atoms with van der Waals surface area (Å²) in [6.45, 7) is 5.93. The second-order valence-corrected chi connectivity index (χ2v) is 7.92. The van der Waals surface area contributed by atoms with Gasteiger partial charge in [-0.15, -0.1) is 0 Å². The summed E-state index contributed by atoms with van der Waals surface area (Å²) in [5.74, 6) is 1.33. The van der Waals surface area contributed by atoms with E-state index in [0.29, 0.717) is 17.4 Å². The van der Waals surface area contributed by atoms with Gasteiger partial charge in [0.05, 0.1) is 12.1 Å². The zero-order chi connectivity index (χ0) is 25.0. The number of H-pyrrole nitrogens is 1. The van der Waals surface area contributed by atoms with Crippen LogP contribution in [0.25, 0.3) is 5.82 Å². The highest BCUT2D eigenvalue weighted by Crippen LogP contribution is 2.39. The Morgan fingerprint density at radius 1 is 1.17 bits per heavy atom. The topological polar surface area (TPSA) is 101 Å². The van der Waals surface area contributed by atoms with Crippen LogP contribution in [0.4, 0.5) is 10.2 Å². The third-order valence-corrected chi connectivity index (χ3v) is 4.94. The third-order valence-electron chi connectivity index (χ3n) is 4.94. The van der Waals surface area contributed by atoms with E-state index in [2.05, 4.69) is 30.6 Å².